The first-order valence-electron chi connectivity index (χ1n) is 11.8. The second-order valence-electron chi connectivity index (χ2n) is 8.30. The number of benzene rings is 2. The molecule has 0 radical (unpaired) electrons. The van der Waals surface area contributed by atoms with Crippen LogP contribution in [0, 0.1) is 11.3 Å². The molecule has 37 heavy (non-hydrogen) atoms. The van der Waals surface area contributed by atoms with Gasteiger partial charge in [0, 0.05) is 5.69 Å². The van der Waals surface area contributed by atoms with Gasteiger partial charge in [0.25, 0.3) is 0 Å². The van der Waals surface area contributed by atoms with Crippen LogP contribution < -0.4 is 5.32 Å². The third-order valence-electron chi connectivity index (χ3n) is 6.11. The van der Waals surface area contributed by atoms with Crippen LogP contribution in [-0.2, 0) is 50.1 Å². The van der Waals surface area contributed by atoms with Gasteiger partial charge in [-0.3, -0.25) is 19.8 Å². The fourth-order valence-electron chi connectivity index (χ4n) is 4.66. The summed E-state index contributed by atoms with van der Waals surface area (Å²) in [6, 6.07) is 15.4. The number of para-hydroxylation sites is 1. The lowest BCUT2D eigenvalue weighted by atomic mass is 9.63. The number of hydrogen-bond donors (Lipinski definition) is 2. The van der Waals surface area contributed by atoms with Gasteiger partial charge in [0.2, 0.25) is 11.8 Å². The molecular weight excluding hydrogens is 480 g/mol. The molecule has 192 valence electrons. The van der Waals surface area contributed by atoms with Crippen LogP contribution in [0.25, 0.3) is 0 Å². The van der Waals surface area contributed by atoms with Gasteiger partial charge in [0.1, 0.15) is 24.2 Å². The topological polar surface area (TPSA) is 141 Å². The van der Waals surface area contributed by atoms with Crippen LogP contribution in [0.4, 0.5) is 5.69 Å². The number of rotatable bonds is 8. The van der Waals surface area contributed by atoms with Gasteiger partial charge >= 0.3 is 17.9 Å². The van der Waals surface area contributed by atoms with Crippen molar-refractivity contribution in [3.8, 4) is 0 Å². The maximum atomic E-state index is 13.8. The van der Waals surface area contributed by atoms with E-state index in [9.17, 15) is 19.2 Å². The Morgan fingerprint density at radius 3 is 2.35 bits per heavy atom. The van der Waals surface area contributed by atoms with Crippen molar-refractivity contribution in [1.29, 1.82) is 5.41 Å². The first kappa shape index (κ1) is 25.6. The van der Waals surface area contributed by atoms with E-state index in [4.69, 9.17) is 24.4 Å². The summed E-state index contributed by atoms with van der Waals surface area (Å²) in [4.78, 5) is 53.2. The van der Waals surface area contributed by atoms with Crippen molar-refractivity contribution in [3.63, 3.8) is 0 Å². The van der Waals surface area contributed by atoms with Gasteiger partial charge in [-0.1, -0.05) is 48.5 Å². The predicted octanol–water partition coefficient (Wildman–Crippen LogP) is 3.01. The van der Waals surface area contributed by atoms with Crippen molar-refractivity contribution in [1.82, 2.24) is 0 Å². The maximum absolute atomic E-state index is 13.8. The average molecular weight is 507 g/mol. The summed E-state index contributed by atoms with van der Waals surface area (Å²) < 4.78 is 21.4. The smallest absolute Gasteiger partial charge is 0.338 e. The van der Waals surface area contributed by atoms with E-state index < -0.39 is 47.5 Å². The zero-order chi connectivity index (χ0) is 26.6. The molecular formula is C27H26N2O8. The molecule has 1 amide bonds. The number of fused-ring (bicyclic) bond motifs is 2. The molecule has 2 atom stereocenters. The summed E-state index contributed by atoms with van der Waals surface area (Å²) in [6.07, 6.45) is -0.548. The lowest BCUT2D eigenvalue weighted by molar-refractivity contribution is -0.153. The lowest BCUT2D eigenvalue weighted by Gasteiger charge is -2.39. The zero-order valence-electron chi connectivity index (χ0n) is 20.4. The Hall–Kier alpha value is -4.47. The van der Waals surface area contributed by atoms with Crippen molar-refractivity contribution < 1.29 is 38.1 Å². The van der Waals surface area contributed by atoms with Gasteiger partial charge in [0.15, 0.2) is 5.92 Å². The minimum atomic E-state index is -2.06. The number of anilines is 1. The van der Waals surface area contributed by atoms with Gasteiger partial charge in [-0.25, -0.2) is 4.79 Å². The number of ether oxygens (including phenoxy) is 4. The molecule has 0 fully saturated rings. The Kier molecular flexibility index (Phi) is 7.37. The van der Waals surface area contributed by atoms with E-state index in [1.165, 1.54) is 0 Å². The van der Waals surface area contributed by atoms with E-state index in [1.54, 1.807) is 62.4 Å². The molecule has 2 aromatic rings. The van der Waals surface area contributed by atoms with Crippen LogP contribution in [0.2, 0.25) is 0 Å². The van der Waals surface area contributed by atoms with Gasteiger partial charge < -0.3 is 24.3 Å². The third kappa shape index (κ3) is 4.57. The summed E-state index contributed by atoms with van der Waals surface area (Å²) in [7, 11) is 0. The fraction of sp³-hybridized carbons (Fsp3) is 0.296. The summed E-state index contributed by atoms with van der Waals surface area (Å²) in [6.45, 7) is 3.09. The molecule has 10 nitrogen and oxygen atoms in total. The monoisotopic (exact) mass is 506 g/mol. The molecule has 0 aliphatic carbocycles. The standard InChI is InChI=1S/C27H26N2O8/c1-3-34-20(30)14-19-21(24(31)35-4-2)27(17-12-8-9-13-18(17)29-26(27)33)22(23(28)37-19)25(32)36-15-16-10-6-5-7-11-16/h5-13,22,28H,3-4,14-15H2,1-2H3,(H,29,33). The van der Waals surface area contributed by atoms with Gasteiger partial charge in [-0.2, -0.15) is 0 Å². The highest BCUT2D eigenvalue weighted by molar-refractivity contribution is 6.21. The minimum absolute atomic E-state index is 0.0467. The number of esters is 3. The summed E-state index contributed by atoms with van der Waals surface area (Å²) in [5.74, 6) is -5.98. The summed E-state index contributed by atoms with van der Waals surface area (Å²) in [5.41, 5.74) is -1.11. The molecule has 2 unspecified atom stereocenters. The maximum Gasteiger partial charge on any atom is 0.338 e. The van der Waals surface area contributed by atoms with E-state index in [-0.39, 0.29) is 36.7 Å². The first-order chi connectivity index (χ1) is 17.8. The lowest BCUT2D eigenvalue weighted by Crippen LogP contribution is -2.56. The molecule has 2 aromatic carbocycles. The van der Waals surface area contributed by atoms with E-state index in [0.29, 0.717) is 11.3 Å². The van der Waals surface area contributed by atoms with Crippen molar-refractivity contribution in [2.45, 2.75) is 32.3 Å². The van der Waals surface area contributed by atoms with Gasteiger partial charge in [-0.05, 0) is 31.0 Å². The number of amides is 1. The largest absolute Gasteiger partial charge is 0.466 e. The van der Waals surface area contributed by atoms with Crippen LogP contribution in [0.5, 0.6) is 0 Å². The average Bonchev–Trinajstić information content (AvgIpc) is 3.15. The Morgan fingerprint density at radius 1 is 0.973 bits per heavy atom. The number of hydrogen-bond acceptors (Lipinski definition) is 9. The molecule has 1 spiro atoms. The number of nitrogens with one attached hydrogen (secondary N) is 2. The second kappa shape index (κ2) is 10.7. The zero-order valence-corrected chi connectivity index (χ0v) is 20.4. The van der Waals surface area contributed by atoms with Gasteiger partial charge in [0.05, 0.1) is 18.8 Å². The number of carbonyl (C=O) groups excluding carboxylic acids is 4. The Morgan fingerprint density at radius 2 is 1.65 bits per heavy atom. The molecule has 0 bridgehead atoms. The van der Waals surface area contributed by atoms with Crippen LogP contribution in [0.3, 0.4) is 0 Å². The molecule has 10 heteroatoms. The summed E-state index contributed by atoms with van der Waals surface area (Å²) >= 11 is 0. The van der Waals surface area contributed by atoms with Crippen LogP contribution in [-0.4, -0.2) is 42.9 Å². The SMILES string of the molecule is CCOC(=O)CC1=C(C(=O)OCC)C2(C(=O)Nc3ccccc32)C(C(=O)OCc2ccccc2)C(=N)O1. The Balaban J connectivity index is 1.90. The first-order valence-corrected chi connectivity index (χ1v) is 11.8. The Labute approximate surface area is 213 Å². The molecule has 2 aliphatic rings. The van der Waals surface area contributed by atoms with Crippen molar-refractivity contribution >= 4 is 35.4 Å². The molecule has 2 N–H and O–H groups in total. The fourth-order valence-corrected chi connectivity index (χ4v) is 4.66. The molecule has 4 rings (SSSR count). The normalized spacial score (nSPS) is 20.1. The van der Waals surface area contributed by atoms with E-state index in [0.717, 1.165) is 0 Å². The van der Waals surface area contributed by atoms with Crippen LogP contribution in [0.15, 0.2) is 65.9 Å². The van der Waals surface area contributed by atoms with Gasteiger partial charge in [-0.15, -0.1) is 0 Å². The van der Waals surface area contributed by atoms with Crippen LogP contribution in [0.1, 0.15) is 31.4 Å². The molecule has 0 aromatic heterocycles. The van der Waals surface area contributed by atoms with Crippen LogP contribution >= 0.6 is 0 Å². The van der Waals surface area contributed by atoms with E-state index >= 15 is 0 Å². The van der Waals surface area contributed by atoms with E-state index in [2.05, 4.69) is 5.32 Å². The third-order valence-corrected chi connectivity index (χ3v) is 6.11. The number of carbonyl (C=O) groups is 4. The minimum Gasteiger partial charge on any atom is -0.466 e. The highest BCUT2D eigenvalue weighted by atomic mass is 16.6. The highest BCUT2D eigenvalue weighted by Crippen LogP contribution is 2.53. The Bertz CT molecular complexity index is 1290. The van der Waals surface area contributed by atoms with Crippen molar-refractivity contribution in [3.05, 3.63) is 77.1 Å². The molecule has 2 heterocycles. The molecule has 0 saturated carbocycles. The summed E-state index contributed by atoms with van der Waals surface area (Å²) in [5, 5.41) is 11.4. The van der Waals surface area contributed by atoms with Crippen molar-refractivity contribution in [2.24, 2.45) is 5.92 Å². The van der Waals surface area contributed by atoms with Crippen molar-refractivity contribution in [2.75, 3.05) is 18.5 Å². The highest BCUT2D eigenvalue weighted by Gasteiger charge is 2.65. The predicted molar refractivity (Wildman–Crippen MR) is 130 cm³/mol. The quantitative estimate of drug-likeness (QED) is 0.411. The van der Waals surface area contributed by atoms with E-state index in [1.807, 2.05) is 6.07 Å². The second-order valence-corrected chi connectivity index (χ2v) is 8.30. The molecule has 0 saturated heterocycles. The molecule has 2 aliphatic heterocycles.